The molecule has 1 amide bonds. The number of carbonyl (C=O) groups excluding carboxylic acids is 2. The number of benzene rings is 3. The summed E-state index contributed by atoms with van der Waals surface area (Å²) in [6, 6.07) is 19.7. The third kappa shape index (κ3) is 6.13. The number of nitrogens with one attached hydrogen (secondary N) is 1. The van der Waals surface area contributed by atoms with Crippen molar-refractivity contribution < 1.29 is 33.7 Å². The number of Topliss-reactive ketones (excluding diaryl/α,β-unsaturated/α-hetero) is 1. The normalized spacial score (nSPS) is 18.4. The molecule has 0 unspecified atom stereocenters. The van der Waals surface area contributed by atoms with Gasteiger partial charge < -0.3 is 24.6 Å². The molecule has 3 atom stereocenters. The van der Waals surface area contributed by atoms with Crippen molar-refractivity contribution in [1.29, 1.82) is 0 Å². The number of fused-ring (bicyclic) bond motifs is 1. The lowest BCUT2D eigenvalue weighted by Crippen LogP contribution is -2.39. The second-order valence-electron chi connectivity index (χ2n) is 11.1. The Labute approximate surface area is 257 Å². The van der Waals surface area contributed by atoms with E-state index in [1.54, 1.807) is 19.1 Å². The maximum Gasteiger partial charge on any atom is 0.303 e. The van der Waals surface area contributed by atoms with E-state index in [0.717, 1.165) is 12.0 Å². The maximum atomic E-state index is 14.4. The van der Waals surface area contributed by atoms with Gasteiger partial charge in [0.15, 0.2) is 17.3 Å². The number of aliphatic carboxylic acids is 1. The lowest BCUT2D eigenvalue weighted by molar-refractivity contribution is -0.138. The zero-order valence-electron chi connectivity index (χ0n) is 25.5. The van der Waals surface area contributed by atoms with Crippen LogP contribution >= 0.6 is 0 Å². The standard InChI is InChI=1S/C35H38N2O7/c1-5-21(2)44-29-13-9-6-10-24(29)35-34-26(18-23(19-28(34)38)22-14-15-30(42-3)31(20-22)43-4)36-25-11-7-8-12-27(25)37(35)32(39)16-17-33(40)41/h6-15,20-21,23,35-36H,5,16-19H2,1-4H3,(H,40,41)/t21-,23+,35-/m0/s1. The highest BCUT2D eigenvalue weighted by Crippen LogP contribution is 2.49. The van der Waals surface area contributed by atoms with E-state index in [0.29, 0.717) is 51.9 Å². The number of anilines is 2. The van der Waals surface area contributed by atoms with Crippen LogP contribution in [-0.2, 0) is 14.4 Å². The molecule has 0 spiro atoms. The van der Waals surface area contributed by atoms with Crippen LogP contribution in [0.5, 0.6) is 17.2 Å². The van der Waals surface area contributed by atoms with Crippen LogP contribution in [0.3, 0.4) is 0 Å². The van der Waals surface area contributed by atoms with Crippen LogP contribution < -0.4 is 24.4 Å². The number of para-hydroxylation sites is 3. The minimum absolute atomic E-state index is 0.103. The molecule has 44 heavy (non-hydrogen) atoms. The molecule has 9 nitrogen and oxygen atoms in total. The summed E-state index contributed by atoms with van der Waals surface area (Å²) >= 11 is 0. The molecule has 0 fully saturated rings. The topological polar surface area (TPSA) is 114 Å². The highest BCUT2D eigenvalue weighted by Gasteiger charge is 2.42. The van der Waals surface area contributed by atoms with Gasteiger partial charge in [0.1, 0.15) is 5.75 Å². The first-order valence-corrected chi connectivity index (χ1v) is 14.9. The predicted octanol–water partition coefficient (Wildman–Crippen LogP) is 6.65. The number of carboxylic acid groups (broad SMARTS) is 1. The molecular weight excluding hydrogens is 560 g/mol. The Kier molecular flexibility index (Phi) is 9.23. The third-order valence-electron chi connectivity index (χ3n) is 8.31. The smallest absolute Gasteiger partial charge is 0.303 e. The van der Waals surface area contributed by atoms with E-state index in [9.17, 15) is 19.5 Å². The second kappa shape index (κ2) is 13.2. The number of ether oxygens (including phenoxy) is 3. The first-order chi connectivity index (χ1) is 21.2. The molecule has 2 N–H and O–H groups in total. The van der Waals surface area contributed by atoms with Gasteiger partial charge in [-0.3, -0.25) is 19.3 Å². The van der Waals surface area contributed by atoms with Gasteiger partial charge in [-0.05, 0) is 61.6 Å². The first-order valence-electron chi connectivity index (χ1n) is 14.9. The summed E-state index contributed by atoms with van der Waals surface area (Å²) in [5, 5.41) is 12.9. The van der Waals surface area contributed by atoms with Gasteiger partial charge in [-0.2, -0.15) is 0 Å². The molecule has 1 aliphatic heterocycles. The van der Waals surface area contributed by atoms with E-state index < -0.39 is 17.9 Å². The number of methoxy groups -OCH3 is 2. The molecule has 3 aromatic rings. The van der Waals surface area contributed by atoms with Gasteiger partial charge >= 0.3 is 5.97 Å². The van der Waals surface area contributed by atoms with Crippen molar-refractivity contribution in [3.05, 3.63) is 89.1 Å². The number of hydrogen-bond acceptors (Lipinski definition) is 7. The van der Waals surface area contributed by atoms with Crippen LogP contribution in [-0.4, -0.2) is 43.1 Å². The van der Waals surface area contributed by atoms with E-state index in [-0.39, 0.29) is 37.1 Å². The zero-order chi connectivity index (χ0) is 31.4. The second-order valence-corrected chi connectivity index (χ2v) is 11.1. The molecule has 1 heterocycles. The van der Waals surface area contributed by atoms with Crippen LogP contribution in [0.25, 0.3) is 0 Å². The van der Waals surface area contributed by atoms with Crippen molar-refractivity contribution in [2.75, 3.05) is 24.4 Å². The molecule has 0 radical (unpaired) electrons. The van der Waals surface area contributed by atoms with Crippen LogP contribution in [0, 0.1) is 0 Å². The molecule has 0 saturated carbocycles. The van der Waals surface area contributed by atoms with Crippen molar-refractivity contribution in [2.24, 2.45) is 0 Å². The molecule has 0 saturated heterocycles. The summed E-state index contributed by atoms with van der Waals surface area (Å²) in [6.07, 6.45) is 0.837. The summed E-state index contributed by atoms with van der Waals surface area (Å²) in [6.45, 7) is 4.00. The molecule has 2 aliphatic rings. The molecule has 3 aromatic carbocycles. The fourth-order valence-electron chi connectivity index (χ4n) is 5.95. The van der Waals surface area contributed by atoms with Gasteiger partial charge in [0.05, 0.1) is 44.2 Å². The van der Waals surface area contributed by atoms with Crippen molar-refractivity contribution in [1.82, 2.24) is 0 Å². The van der Waals surface area contributed by atoms with Crippen LogP contribution in [0.1, 0.15) is 69.0 Å². The molecule has 0 bridgehead atoms. The fraction of sp³-hybridized carbons (Fsp3) is 0.343. The number of carbonyl (C=O) groups is 3. The average Bonchev–Trinajstić information content (AvgIpc) is 3.18. The molecule has 0 aromatic heterocycles. The lowest BCUT2D eigenvalue weighted by atomic mass is 9.78. The number of ketones is 1. The number of nitrogens with zero attached hydrogens (tertiary/aromatic N) is 1. The number of rotatable bonds is 10. The van der Waals surface area contributed by atoms with Gasteiger partial charge in [-0.1, -0.05) is 43.3 Å². The number of amides is 1. The van der Waals surface area contributed by atoms with Gasteiger partial charge in [0.25, 0.3) is 0 Å². The van der Waals surface area contributed by atoms with Crippen LogP contribution in [0.15, 0.2) is 78.0 Å². The first kappa shape index (κ1) is 30.7. The van der Waals surface area contributed by atoms with E-state index in [1.807, 2.05) is 80.6 Å². The summed E-state index contributed by atoms with van der Waals surface area (Å²) < 4.78 is 17.3. The maximum absolute atomic E-state index is 14.4. The molecule has 1 aliphatic carbocycles. The van der Waals surface area contributed by atoms with Gasteiger partial charge in [-0.15, -0.1) is 0 Å². The average molecular weight is 599 g/mol. The summed E-state index contributed by atoms with van der Waals surface area (Å²) in [5.41, 5.74) is 4.02. The minimum atomic E-state index is -1.07. The highest BCUT2D eigenvalue weighted by molar-refractivity contribution is 6.07. The Balaban J connectivity index is 1.69. The van der Waals surface area contributed by atoms with E-state index in [4.69, 9.17) is 14.2 Å². The molecular formula is C35H38N2O7. The quantitative estimate of drug-likeness (QED) is 0.267. The predicted molar refractivity (Wildman–Crippen MR) is 168 cm³/mol. The van der Waals surface area contributed by atoms with Crippen LogP contribution in [0.2, 0.25) is 0 Å². The Morgan fingerprint density at radius 2 is 1.68 bits per heavy atom. The third-order valence-corrected chi connectivity index (χ3v) is 8.31. The largest absolute Gasteiger partial charge is 0.493 e. The van der Waals surface area contributed by atoms with E-state index >= 15 is 0 Å². The number of allylic oxidation sites excluding steroid dienone is 1. The van der Waals surface area contributed by atoms with Crippen molar-refractivity contribution >= 4 is 29.0 Å². The minimum Gasteiger partial charge on any atom is -0.493 e. The van der Waals surface area contributed by atoms with E-state index in [1.165, 1.54) is 0 Å². The Morgan fingerprint density at radius 3 is 2.41 bits per heavy atom. The fourth-order valence-corrected chi connectivity index (χ4v) is 5.95. The summed E-state index contributed by atoms with van der Waals surface area (Å²) in [7, 11) is 3.16. The Bertz CT molecular complexity index is 1600. The van der Waals surface area contributed by atoms with Crippen LogP contribution in [0.4, 0.5) is 11.4 Å². The SMILES string of the molecule is CC[C@H](C)Oc1ccccc1[C@H]1C2=C(C[C@@H](c3ccc(OC)c(OC)c3)CC2=O)Nc2ccccc2N1C(=O)CCC(=O)O. The highest BCUT2D eigenvalue weighted by atomic mass is 16.5. The number of carboxylic acids is 1. The van der Waals surface area contributed by atoms with E-state index in [2.05, 4.69) is 5.32 Å². The van der Waals surface area contributed by atoms with Crippen molar-refractivity contribution in [3.8, 4) is 17.2 Å². The summed E-state index contributed by atoms with van der Waals surface area (Å²) in [4.78, 5) is 41.5. The summed E-state index contributed by atoms with van der Waals surface area (Å²) in [5.74, 6) is 0.0439. The monoisotopic (exact) mass is 598 g/mol. The Hall–Kier alpha value is -4.79. The van der Waals surface area contributed by atoms with Gasteiger partial charge in [0, 0.05) is 29.7 Å². The molecule has 5 rings (SSSR count). The Morgan fingerprint density at radius 1 is 0.955 bits per heavy atom. The zero-order valence-corrected chi connectivity index (χ0v) is 25.5. The van der Waals surface area contributed by atoms with Gasteiger partial charge in [-0.25, -0.2) is 0 Å². The van der Waals surface area contributed by atoms with Gasteiger partial charge in [0.2, 0.25) is 5.91 Å². The molecule has 230 valence electrons. The molecule has 9 heteroatoms. The number of hydrogen-bond donors (Lipinski definition) is 2. The van der Waals surface area contributed by atoms with Crippen molar-refractivity contribution in [2.45, 2.75) is 64.0 Å². The lowest BCUT2D eigenvalue weighted by Gasteiger charge is -2.36. The van der Waals surface area contributed by atoms with Crippen molar-refractivity contribution in [3.63, 3.8) is 0 Å².